The van der Waals surface area contributed by atoms with Crippen molar-refractivity contribution in [1.82, 2.24) is 19.6 Å². The molecule has 170 valence electrons. The molecule has 2 aromatic heterocycles. The van der Waals surface area contributed by atoms with E-state index in [9.17, 15) is 9.90 Å². The molecule has 7 heteroatoms. The minimum atomic E-state index is -0.124. The smallest absolute Gasteiger partial charge is 0.270 e. The van der Waals surface area contributed by atoms with Gasteiger partial charge in [-0.3, -0.25) is 9.89 Å². The third-order valence-electron chi connectivity index (χ3n) is 7.34. The lowest BCUT2D eigenvalue weighted by molar-refractivity contribution is 0.103. The van der Waals surface area contributed by atoms with E-state index in [1.165, 1.54) is 19.3 Å². The fourth-order valence-electron chi connectivity index (χ4n) is 6.09. The van der Waals surface area contributed by atoms with Gasteiger partial charge in [-0.1, -0.05) is 50.1 Å². The van der Waals surface area contributed by atoms with Crippen molar-refractivity contribution >= 4 is 11.6 Å². The van der Waals surface area contributed by atoms with E-state index in [0.29, 0.717) is 42.5 Å². The highest BCUT2D eigenvalue weighted by molar-refractivity contribution is 5.53. The Bertz CT molecular complexity index is 1130. The Morgan fingerprint density at radius 3 is 2.91 bits per heavy atom. The zero-order valence-corrected chi connectivity index (χ0v) is 18.8. The van der Waals surface area contributed by atoms with Crippen LogP contribution in [-0.4, -0.2) is 37.8 Å². The molecule has 0 radical (unpaired) electrons. The zero-order valence-electron chi connectivity index (χ0n) is 18.8. The first kappa shape index (κ1) is 21.2. The number of aliphatic hydroxyl groups excluding tert-OH is 1. The van der Waals surface area contributed by atoms with Crippen molar-refractivity contribution in [1.29, 1.82) is 0 Å². The molecule has 0 saturated heterocycles. The maximum atomic E-state index is 13.0. The van der Waals surface area contributed by atoms with Crippen LogP contribution in [0.1, 0.15) is 68.8 Å². The number of aromatic amines is 1. The molecule has 2 bridgehead atoms. The van der Waals surface area contributed by atoms with Gasteiger partial charge in [0.25, 0.3) is 5.56 Å². The number of rotatable bonds is 7. The molecule has 0 aliphatic heterocycles. The number of hydrogen-bond donors (Lipinski definition) is 3. The van der Waals surface area contributed by atoms with E-state index >= 15 is 0 Å². The maximum Gasteiger partial charge on any atom is 0.270 e. The van der Waals surface area contributed by atoms with Crippen LogP contribution in [0.5, 0.6) is 0 Å². The molecule has 2 heterocycles. The quantitative estimate of drug-likeness (QED) is 0.492. The molecule has 0 spiro atoms. The molecule has 2 aliphatic rings. The van der Waals surface area contributed by atoms with Crippen molar-refractivity contribution in [2.24, 2.45) is 11.8 Å². The summed E-state index contributed by atoms with van der Waals surface area (Å²) in [4.78, 5) is 23.0. The number of anilines is 1. The van der Waals surface area contributed by atoms with Crippen molar-refractivity contribution in [3.8, 4) is 0 Å². The summed E-state index contributed by atoms with van der Waals surface area (Å²) in [5, 5.41) is 15.5. The van der Waals surface area contributed by atoms with Crippen LogP contribution in [0, 0.1) is 11.8 Å². The molecule has 1 aromatic carbocycles. The summed E-state index contributed by atoms with van der Waals surface area (Å²) in [7, 11) is 0. The molecule has 32 heavy (non-hydrogen) atoms. The van der Waals surface area contributed by atoms with Crippen LogP contribution in [0.25, 0.3) is 5.65 Å². The van der Waals surface area contributed by atoms with Gasteiger partial charge in [-0.05, 0) is 49.5 Å². The fraction of sp³-hybridized carbons (Fsp3) is 0.560. The van der Waals surface area contributed by atoms with Crippen LogP contribution in [0.3, 0.4) is 0 Å². The topological polar surface area (TPSA) is 95.3 Å². The Morgan fingerprint density at radius 2 is 2.09 bits per heavy atom. The predicted molar refractivity (Wildman–Crippen MR) is 125 cm³/mol. The third-order valence-corrected chi connectivity index (χ3v) is 7.34. The maximum absolute atomic E-state index is 13.0. The summed E-state index contributed by atoms with van der Waals surface area (Å²) in [6.45, 7) is 3.05. The molecule has 2 fully saturated rings. The molecule has 3 N–H and O–H groups in total. The van der Waals surface area contributed by atoms with Gasteiger partial charge >= 0.3 is 0 Å². The van der Waals surface area contributed by atoms with Crippen LogP contribution in [0.15, 0.2) is 35.1 Å². The Labute approximate surface area is 188 Å². The van der Waals surface area contributed by atoms with Gasteiger partial charge in [0.2, 0.25) is 5.95 Å². The number of hydrogen-bond acceptors (Lipinski definition) is 5. The highest BCUT2D eigenvalue weighted by Crippen LogP contribution is 2.51. The van der Waals surface area contributed by atoms with E-state index in [1.807, 2.05) is 30.3 Å². The molecular weight excluding hydrogens is 402 g/mol. The predicted octanol–water partition coefficient (Wildman–Crippen LogP) is 3.66. The Morgan fingerprint density at radius 1 is 1.25 bits per heavy atom. The largest absolute Gasteiger partial charge is 0.396 e. The summed E-state index contributed by atoms with van der Waals surface area (Å²) in [5.41, 5.74) is 2.31. The van der Waals surface area contributed by atoms with Crippen LogP contribution < -0.4 is 10.9 Å². The van der Waals surface area contributed by atoms with Gasteiger partial charge in [0.05, 0.1) is 5.56 Å². The van der Waals surface area contributed by atoms with E-state index < -0.39 is 0 Å². The number of benzene rings is 1. The van der Waals surface area contributed by atoms with Crippen LogP contribution in [-0.2, 0) is 11.8 Å². The molecule has 5 rings (SSSR count). The lowest BCUT2D eigenvalue weighted by Crippen LogP contribution is -2.41. The van der Waals surface area contributed by atoms with E-state index in [1.54, 1.807) is 4.52 Å². The second-order valence-electron chi connectivity index (χ2n) is 9.90. The van der Waals surface area contributed by atoms with E-state index in [-0.39, 0.29) is 17.6 Å². The lowest BCUT2D eigenvalue weighted by atomic mass is 9.59. The van der Waals surface area contributed by atoms with Gasteiger partial charge in [0.1, 0.15) is 5.82 Å². The number of aromatic nitrogens is 4. The zero-order chi connectivity index (χ0) is 22.1. The van der Waals surface area contributed by atoms with Gasteiger partial charge in [0.15, 0.2) is 5.65 Å². The monoisotopic (exact) mass is 435 g/mol. The van der Waals surface area contributed by atoms with Crippen molar-refractivity contribution in [2.75, 3.05) is 18.5 Å². The van der Waals surface area contributed by atoms with Crippen LogP contribution in [0.2, 0.25) is 0 Å². The third kappa shape index (κ3) is 3.94. The van der Waals surface area contributed by atoms with Crippen LogP contribution >= 0.6 is 0 Å². The molecule has 3 unspecified atom stereocenters. The second-order valence-corrected chi connectivity index (χ2v) is 9.90. The number of fused-ring (bicyclic) bond motifs is 3. The second kappa shape index (κ2) is 8.70. The number of H-pyrrole nitrogens is 1. The molecule has 7 nitrogen and oxygen atoms in total. The van der Waals surface area contributed by atoms with E-state index in [4.69, 9.17) is 9.97 Å². The average molecular weight is 436 g/mol. The molecule has 2 saturated carbocycles. The van der Waals surface area contributed by atoms with Gasteiger partial charge in [-0.15, -0.1) is 0 Å². The Kier molecular flexibility index (Phi) is 5.76. The molecule has 3 aromatic rings. The van der Waals surface area contributed by atoms with Gasteiger partial charge < -0.3 is 10.4 Å². The molecular formula is C25H33N5O2. The first-order chi connectivity index (χ1) is 15.6. The normalized spacial score (nSPS) is 25.2. The molecule has 0 amide bonds. The van der Waals surface area contributed by atoms with Crippen molar-refractivity contribution in [2.45, 2.75) is 63.7 Å². The first-order valence-electron chi connectivity index (χ1n) is 12.0. The van der Waals surface area contributed by atoms with Crippen molar-refractivity contribution < 1.29 is 5.11 Å². The summed E-state index contributed by atoms with van der Waals surface area (Å²) >= 11 is 0. The number of nitrogens with one attached hydrogen (secondary N) is 2. The number of aliphatic hydroxyl groups is 1. The Hall–Kier alpha value is -2.67. The van der Waals surface area contributed by atoms with E-state index in [2.05, 4.69) is 17.3 Å². The summed E-state index contributed by atoms with van der Waals surface area (Å²) in [6, 6.07) is 10.1. The van der Waals surface area contributed by atoms with Crippen molar-refractivity contribution in [3.63, 3.8) is 0 Å². The minimum Gasteiger partial charge on any atom is -0.396 e. The summed E-state index contributed by atoms with van der Waals surface area (Å²) in [6.07, 6.45) is 8.34. The number of nitrogens with zero attached hydrogens (tertiary/aromatic N) is 3. The van der Waals surface area contributed by atoms with Gasteiger partial charge in [0, 0.05) is 25.0 Å². The average Bonchev–Trinajstić information content (AvgIpc) is 3.09. The van der Waals surface area contributed by atoms with Gasteiger partial charge in [-0.25, -0.2) is 9.50 Å². The lowest BCUT2D eigenvalue weighted by Gasteiger charge is -2.46. The van der Waals surface area contributed by atoms with Gasteiger partial charge in [-0.2, -0.15) is 4.98 Å². The highest BCUT2D eigenvalue weighted by atomic mass is 16.3. The molecule has 3 atom stereocenters. The SMILES string of the molecule is CC1CC2CCCC(c3nc(NCCCO)n4[nH]c(=O)c(Cc5ccccc5)c4n3)(C1)C2. The Balaban J connectivity index is 1.63. The standard InChI is InChI=1S/C25H33N5O2/c1-17-13-19-9-5-10-25(15-17,16-19)23-27-21-20(14-18-7-3-2-4-8-18)22(32)29-30(21)24(28-23)26-11-6-12-31/h2-4,7-8,17,19,31H,5-6,9-16H2,1H3,(H,29,32)(H,26,27,28). The van der Waals surface area contributed by atoms with Crippen LogP contribution in [0.4, 0.5) is 5.95 Å². The summed E-state index contributed by atoms with van der Waals surface area (Å²) < 4.78 is 1.70. The first-order valence-corrected chi connectivity index (χ1v) is 12.0. The van der Waals surface area contributed by atoms with Crippen molar-refractivity contribution in [3.05, 3.63) is 57.6 Å². The minimum absolute atomic E-state index is 0.00687. The molecule has 2 aliphatic carbocycles. The fourth-order valence-corrected chi connectivity index (χ4v) is 6.09. The van der Waals surface area contributed by atoms with E-state index in [0.717, 1.165) is 36.6 Å². The summed E-state index contributed by atoms with van der Waals surface area (Å²) in [5.74, 6) is 2.91. The highest BCUT2D eigenvalue weighted by Gasteiger charge is 2.45.